The Kier molecular flexibility index (Phi) is 2.93. The first-order valence-corrected chi connectivity index (χ1v) is 7.14. The predicted octanol–water partition coefficient (Wildman–Crippen LogP) is 3.79. The monoisotopic (exact) mass is 286 g/mol. The summed E-state index contributed by atoms with van der Waals surface area (Å²) in [5, 5.41) is 0. The minimum absolute atomic E-state index is 0.828. The predicted molar refractivity (Wildman–Crippen MR) is 86.8 cm³/mol. The molecule has 0 aliphatic rings. The van der Waals surface area contributed by atoms with Crippen LogP contribution in [0.15, 0.2) is 67.1 Å². The Morgan fingerprint density at radius 2 is 1.91 bits per heavy atom. The van der Waals surface area contributed by atoms with Crippen molar-refractivity contribution in [3.8, 4) is 17.2 Å². The summed E-state index contributed by atoms with van der Waals surface area (Å²) >= 11 is 0. The van der Waals surface area contributed by atoms with Crippen LogP contribution in [-0.2, 0) is 0 Å². The van der Waals surface area contributed by atoms with Crippen molar-refractivity contribution in [2.24, 2.45) is 0 Å². The minimum Gasteiger partial charge on any atom is -0.289 e. The molecule has 22 heavy (non-hydrogen) atoms. The average Bonchev–Trinajstić information content (AvgIpc) is 2.95. The Morgan fingerprint density at radius 3 is 2.68 bits per heavy atom. The van der Waals surface area contributed by atoms with E-state index in [1.54, 1.807) is 12.4 Å². The molecule has 0 atom stereocenters. The van der Waals surface area contributed by atoms with Crippen LogP contribution in [-0.4, -0.2) is 19.5 Å². The van der Waals surface area contributed by atoms with Gasteiger partial charge in [0.05, 0.1) is 22.9 Å². The second kappa shape index (κ2) is 5.07. The normalized spacial score (nSPS) is 11.0. The number of fused-ring (bicyclic) bond motifs is 1. The van der Waals surface area contributed by atoms with Gasteiger partial charge in [-0.05, 0) is 48.9 Å². The fourth-order valence-corrected chi connectivity index (χ4v) is 2.60. The number of pyridine rings is 2. The molecule has 106 valence electrons. The molecule has 0 fully saturated rings. The highest BCUT2D eigenvalue weighted by Gasteiger charge is 2.15. The first-order valence-electron chi connectivity index (χ1n) is 7.14. The van der Waals surface area contributed by atoms with Crippen LogP contribution in [0.5, 0.6) is 0 Å². The molecule has 0 spiro atoms. The largest absolute Gasteiger partial charge is 0.289 e. The van der Waals surface area contributed by atoms with E-state index in [0.29, 0.717) is 0 Å². The number of rotatable bonds is 2. The van der Waals surface area contributed by atoms with Gasteiger partial charge >= 0.3 is 0 Å². The molecule has 0 amide bonds. The third-order valence-corrected chi connectivity index (χ3v) is 3.61. The Hall–Kier alpha value is -3.01. The summed E-state index contributed by atoms with van der Waals surface area (Å²) in [6.45, 7) is 2.08. The zero-order valence-corrected chi connectivity index (χ0v) is 12.1. The van der Waals surface area contributed by atoms with E-state index in [4.69, 9.17) is 4.98 Å². The third-order valence-electron chi connectivity index (χ3n) is 3.61. The van der Waals surface area contributed by atoms with E-state index in [1.807, 2.05) is 42.6 Å². The van der Waals surface area contributed by atoms with Gasteiger partial charge in [0.1, 0.15) is 5.69 Å². The van der Waals surface area contributed by atoms with Gasteiger partial charge in [-0.15, -0.1) is 0 Å². The zero-order chi connectivity index (χ0) is 14.9. The summed E-state index contributed by atoms with van der Waals surface area (Å²) in [6.07, 6.45) is 5.40. The SMILES string of the molecule is Cc1ccc2nc(-c3ccccn3)n(-c3cccnc3)c2c1. The van der Waals surface area contributed by atoms with E-state index in [-0.39, 0.29) is 0 Å². The second-order valence-corrected chi connectivity index (χ2v) is 5.19. The Morgan fingerprint density at radius 1 is 0.955 bits per heavy atom. The number of aryl methyl sites for hydroxylation is 1. The molecule has 0 aliphatic heterocycles. The maximum Gasteiger partial charge on any atom is 0.164 e. The number of imidazole rings is 1. The van der Waals surface area contributed by atoms with Crippen LogP contribution in [0.25, 0.3) is 28.2 Å². The van der Waals surface area contributed by atoms with E-state index in [0.717, 1.165) is 28.2 Å². The van der Waals surface area contributed by atoms with E-state index in [1.165, 1.54) is 5.56 Å². The molecule has 4 nitrogen and oxygen atoms in total. The van der Waals surface area contributed by atoms with Crippen LogP contribution in [0.1, 0.15) is 5.56 Å². The summed E-state index contributed by atoms with van der Waals surface area (Å²) in [7, 11) is 0. The molecule has 0 saturated carbocycles. The van der Waals surface area contributed by atoms with Crippen molar-refractivity contribution >= 4 is 11.0 Å². The molecular weight excluding hydrogens is 272 g/mol. The molecule has 4 rings (SSSR count). The van der Waals surface area contributed by atoms with Gasteiger partial charge < -0.3 is 0 Å². The summed E-state index contributed by atoms with van der Waals surface area (Å²) in [6, 6.07) is 16.1. The minimum atomic E-state index is 0.828. The lowest BCUT2D eigenvalue weighted by atomic mass is 10.2. The number of hydrogen-bond acceptors (Lipinski definition) is 3. The quantitative estimate of drug-likeness (QED) is 0.563. The lowest BCUT2D eigenvalue weighted by Crippen LogP contribution is -1.99. The highest BCUT2D eigenvalue weighted by atomic mass is 15.1. The topological polar surface area (TPSA) is 43.6 Å². The summed E-state index contributed by atoms with van der Waals surface area (Å²) in [5.74, 6) is 0.828. The number of nitrogens with zero attached hydrogens (tertiary/aromatic N) is 4. The summed E-state index contributed by atoms with van der Waals surface area (Å²) < 4.78 is 2.11. The third kappa shape index (κ3) is 2.05. The fourth-order valence-electron chi connectivity index (χ4n) is 2.60. The Labute approximate surface area is 128 Å². The van der Waals surface area contributed by atoms with Crippen LogP contribution < -0.4 is 0 Å². The molecule has 4 heteroatoms. The molecule has 0 unspecified atom stereocenters. The fraction of sp³-hybridized carbons (Fsp3) is 0.0556. The lowest BCUT2D eigenvalue weighted by Gasteiger charge is -2.08. The van der Waals surface area contributed by atoms with Crippen molar-refractivity contribution < 1.29 is 0 Å². The first-order chi connectivity index (χ1) is 10.8. The average molecular weight is 286 g/mol. The smallest absolute Gasteiger partial charge is 0.164 e. The molecule has 3 aromatic heterocycles. The zero-order valence-electron chi connectivity index (χ0n) is 12.1. The van der Waals surface area contributed by atoms with E-state index < -0.39 is 0 Å². The number of hydrogen-bond donors (Lipinski definition) is 0. The Bertz CT molecular complexity index is 927. The van der Waals surface area contributed by atoms with Crippen LogP contribution in [0.3, 0.4) is 0 Å². The van der Waals surface area contributed by atoms with E-state index in [9.17, 15) is 0 Å². The maximum absolute atomic E-state index is 4.77. The van der Waals surface area contributed by atoms with Crippen molar-refractivity contribution in [2.75, 3.05) is 0 Å². The van der Waals surface area contributed by atoms with Crippen LogP contribution in [0, 0.1) is 6.92 Å². The van der Waals surface area contributed by atoms with Gasteiger partial charge in [-0.1, -0.05) is 12.1 Å². The van der Waals surface area contributed by atoms with Gasteiger partial charge in [-0.3, -0.25) is 14.5 Å². The van der Waals surface area contributed by atoms with Gasteiger partial charge in [0.25, 0.3) is 0 Å². The van der Waals surface area contributed by atoms with Crippen LogP contribution in [0.4, 0.5) is 0 Å². The summed E-state index contributed by atoms with van der Waals surface area (Å²) in [5.41, 5.74) is 5.05. The van der Waals surface area contributed by atoms with Crippen molar-refractivity contribution in [1.82, 2.24) is 19.5 Å². The van der Waals surface area contributed by atoms with Crippen molar-refractivity contribution in [2.45, 2.75) is 6.92 Å². The van der Waals surface area contributed by atoms with Crippen molar-refractivity contribution in [1.29, 1.82) is 0 Å². The van der Waals surface area contributed by atoms with Crippen molar-refractivity contribution in [3.63, 3.8) is 0 Å². The van der Waals surface area contributed by atoms with Gasteiger partial charge in [0.2, 0.25) is 0 Å². The van der Waals surface area contributed by atoms with Gasteiger partial charge in [-0.2, -0.15) is 0 Å². The molecule has 0 aliphatic carbocycles. The highest BCUT2D eigenvalue weighted by Crippen LogP contribution is 2.27. The molecule has 3 heterocycles. The molecule has 4 aromatic rings. The number of benzene rings is 1. The molecular formula is C18H14N4. The van der Waals surface area contributed by atoms with E-state index >= 15 is 0 Å². The standard InChI is InChI=1S/C18H14N4/c1-13-7-8-15-17(11-13)22(14-5-4-9-19-12-14)18(21-15)16-6-2-3-10-20-16/h2-12H,1H3. The van der Waals surface area contributed by atoms with Crippen LogP contribution >= 0.6 is 0 Å². The Balaban J connectivity index is 2.08. The highest BCUT2D eigenvalue weighted by molar-refractivity contribution is 5.83. The molecule has 0 radical (unpaired) electrons. The van der Waals surface area contributed by atoms with Crippen LogP contribution in [0.2, 0.25) is 0 Å². The van der Waals surface area contributed by atoms with Crippen molar-refractivity contribution in [3.05, 3.63) is 72.7 Å². The molecule has 0 bridgehead atoms. The lowest BCUT2D eigenvalue weighted by molar-refractivity contribution is 1.06. The maximum atomic E-state index is 4.77. The van der Waals surface area contributed by atoms with Gasteiger partial charge in [0.15, 0.2) is 5.82 Å². The first kappa shape index (κ1) is 12.7. The summed E-state index contributed by atoms with van der Waals surface area (Å²) in [4.78, 5) is 13.5. The number of aromatic nitrogens is 4. The van der Waals surface area contributed by atoms with Gasteiger partial charge in [-0.25, -0.2) is 4.98 Å². The molecule has 1 aromatic carbocycles. The molecule has 0 N–H and O–H groups in total. The van der Waals surface area contributed by atoms with Gasteiger partial charge in [0, 0.05) is 12.4 Å². The molecule has 0 saturated heterocycles. The second-order valence-electron chi connectivity index (χ2n) is 5.19. The van der Waals surface area contributed by atoms with E-state index in [2.05, 4.69) is 33.6 Å².